The van der Waals surface area contributed by atoms with Crippen molar-refractivity contribution in [1.29, 1.82) is 0 Å². The number of carbonyl (C=O) groups is 3. The minimum Gasteiger partial charge on any atom is -0.357 e. The highest BCUT2D eigenvalue weighted by Crippen LogP contribution is 2.54. The first-order valence-electron chi connectivity index (χ1n) is 16.1. The second kappa shape index (κ2) is 13.3. The number of aliphatic imine (C=N–C) groups is 1. The van der Waals surface area contributed by atoms with Crippen LogP contribution in [0.1, 0.15) is 32.1 Å². The summed E-state index contributed by atoms with van der Waals surface area (Å²) in [5.41, 5.74) is -5.82. The molecule has 0 fully saturated rings. The monoisotopic (exact) mass is 875 g/mol. The van der Waals surface area contributed by atoms with Gasteiger partial charge in [-0.3, -0.25) is 23.0 Å². The summed E-state index contributed by atoms with van der Waals surface area (Å²) in [6.45, 7) is 0. The zero-order chi connectivity index (χ0) is 42.5. The van der Waals surface area contributed by atoms with Gasteiger partial charge in [-0.15, -0.1) is 0 Å². The van der Waals surface area contributed by atoms with Crippen LogP contribution in [0.15, 0.2) is 91.6 Å². The van der Waals surface area contributed by atoms with E-state index in [1.54, 1.807) is 0 Å². The molecule has 25 heteroatoms. The van der Waals surface area contributed by atoms with Crippen LogP contribution in [0.3, 0.4) is 0 Å². The standard InChI is InChI=1S/C33H26N6O15S4/c1-38-12-4-6-23(38)32(41)39(2)27-19-10-8-16(13-20(19)24(55(43,44)45)15-25(27)56(46,47)48)35-33(42)36-17-7-9-18-21(14-17)29(57(49,50)51)28(39)30(58(52,53)54)26(18)37-31(40)22-5-3-11-34-22/h3-13,15H,14H2,1-2H3,(H6-,34,35,36,37,40,42,43,44,45,46,47,48,49,50,51,52,53,54)/p+1. The van der Waals surface area contributed by atoms with Crippen molar-refractivity contribution in [2.24, 2.45) is 12.0 Å². The lowest BCUT2D eigenvalue weighted by Crippen LogP contribution is -2.49. The van der Waals surface area contributed by atoms with Gasteiger partial charge in [0, 0.05) is 47.9 Å². The number of urea groups is 1. The number of hydrogen-bond donors (Lipinski definition) is 7. The number of nitrogens with zero attached hydrogens (tertiary/aromatic N) is 3. The average molecular weight is 876 g/mol. The van der Waals surface area contributed by atoms with Gasteiger partial charge in [0.15, 0.2) is 26.1 Å². The number of aromatic nitrogens is 2. The summed E-state index contributed by atoms with van der Waals surface area (Å²) < 4.78 is 151. The first-order valence-corrected chi connectivity index (χ1v) is 21.9. The van der Waals surface area contributed by atoms with Crippen LogP contribution in [-0.2, 0) is 53.9 Å². The highest BCUT2D eigenvalue weighted by Gasteiger charge is 2.54. The van der Waals surface area contributed by atoms with Crippen molar-refractivity contribution in [1.82, 2.24) is 14.0 Å². The molecule has 3 aliphatic rings. The average Bonchev–Trinajstić information content (AvgIpc) is 3.80. The largest absolute Gasteiger partial charge is 0.372 e. The molecule has 2 aromatic heterocycles. The lowest BCUT2D eigenvalue weighted by Gasteiger charge is -2.36. The highest BCUT2D eigenvalue weighted by atomic mass is 32.2. The second-order valence-corrected chi connectivity index (χ2v) is 18.5. The molecule has 1 atom stereocenters. The number of amides is 4. The van der Waals surface area contributed by atoms with Gasteiger partial charge in [0.2, 0.25) is 0 Å². The van der Waals surface area contributed by atoms with Gasteiger partial charge in [-0.2, -0.15) is 43.1 Å². The Morgan fingerprint density at radius 2 is 1.48 bits per heavy atom. The molecule has 4 amide bonds. The van der Waals surface area contributed by atoms with Gasteiger partial charge in [-0.25, -0.2) is 9.59 Å². The lowest BCUT2D eigenvalue weighted by atomic mass is 9.92. The number of H-pyrrole nitrogens is 1. The Morgan fingerprint density at radius 1 is 0.810 bits per heavy atom. The van der Waals surface area contributed by atoms with E-state index < -0.39 is 133 Å². The van der Waals surface area contributed by atoms with E-state index in [2.05, 4.69) is 20.6 Å². The molecule has 302 valence electrons. The van der Waals surface area contributed by atoms with Crippen molar-refractivity contribution in [3.63, 3.8) is 0 Å². The molecule has 21 nitrogen and oxygen atoms in total. The normalized spacial score (nSPS) is 17.0. The molecule has 2 aliphatic heterocycles. The fourth-order valence-corrected chi connectivity index (χ4v) is 10.8. The predicted octanol–water partition coefficient (Wildman–Crippen LogP) is 3.41. The molecule has 1 unspecified atom stereocenters. The topological polar surface area (TPSA) is 326 Å². The highest BCUT2D eigenvalue weighted by molar-refractivity contribution is 7.87. The molecule has 7 bridgehead atoms. The van der Waals surface area contributed by atoms with E-state index in [0.29, 0.717) is 0 Å². The molecule has 58 heavy (non-hydrogen) atoms. The molecule has 1 aliphatic carbocycles. The second-order valence-electron chi connectivity index (χ2n) is 13.1. The number of nitrogens with one attached hydrogen (secondary N) is 3. The molecular weight excluding hydrogens is 849 g/mol. The van der Waals surface area contributed by atoms with Crippen molar-refractivity contribution in [2.45, 2.75) is 26.0 Å². The number of hydrogen-bond acceptors (Lipinski definition) is 11. The lowest BCUT2D eigenvalue weighted by molar-refractivity contribution is 0.0846. The van der Waals surface area contributed by atoms with Gasteiger partial charge in [-0.1, -0.05) is 6.08 Å². The third kappa shape index (κ3) is 6.62. The number of aromatic amines is 1. The number of allylic oxidation sites excluding steroid dienone is 1. The number of benzene rings is 3. The minimum atomic E-state index is -6.01. The minimum absolute atomic E-state index is 0.195. The van der Waals surface area contributed by atoms with Crippen LogP contribution < -0.4 is 15.1 Å². The summed E-state index contributed by atoms with van der Waals surface area (Å²) in [7, 11) is -21.3. The maximum Gasteiger partial charge on any atom is 0.372 e. The van der Waals surface area contributed by atoms with Crippen LogP contribution in [-0.4, -0.2) is 92.0 Å². The number of fused-ring (bicyclic) bond motifs is 3. The summed E-state index contributed by atoms with van der Waals surface area (Å²) >= 11 is 0. The van der Waals surface area contributed by atoms with Crippen LogP contribution >= 0.6 is 0 Å². The molecule has 0 saturated carbocycles. The van der Waals surface area contributed by atoms with Gasteiger partial charge < -0.3 is 20.2 Å². The van der Waals surface area contributed by atoms with Gasteiger partial charge in [0.25, 0.3) is 16.0 Å². The summed E-state index contributed by atoms with van der Waals surface area (Å²) in [6, 6.07) is 6.91. The SMILES string of the molecule is Cn1cccc1C(=O)[N+]1(C)c2c(S(=O)(=O)O)c3c(c(NC(=O)c4ccc[nH]4)c2S(=O)(=O)O)C=CC(=NC(=O)Nc2ccc4c1c(S(=O)(=O)O)cc(S(=O)(=O)O)c4c2)C3. The van der Waals surface area contributed by atoms with E-state index in [1.165, 1.54) is 37.6 Å². The molecule has 5 aromatic rings. The molecule has 3 aromatic carbocycles. The van der Waals surface area contributed by atoms with Gasteiger partial charge >= 0.3 is 42.3 Å². The van der Waals surface area contributed by atoms with Crippen LogP contribution in [0.4, 0.5) is 27.5 Å². The van der Waals surface area contributed by atoms with Crippen LogP contribution in [0.5, 0.6) is 0 Å². The Balaban J connectivity index is 1.87. The van der Waals surface area contributed by atoms with E-state index >= 15 is 4.79 Å². The molecule has 4 heterocycles. The molecule has 0 saturated heterocycles. The summed E-state index contributed by atoms with van der Waals surface area (Å²) in [5.74, 6) is -2.55. The van der Waals surface area contributed by atoms with Gasteiger partial charge in [0.05, 0.1) is 18.4 Å². The fraction of sp³-hybridized carbons (Fsp3) is 0.0909. The Morgan fingerprint density at radius 3 is 2.05 bits per heavy atom. The van der Waals surface area contributed by atoms with Crippen LogP contribution in [0, 0.1) is 0 Å². The first-order chi connectivity index (χ1) is 26.8. The Kier molecular flexibility index (Phi) is 9.26. The van der Waals surface area contributed by atoms with E-state index in [9.17, 15) is 61.5 Å². The van der Waals surface area contributed by atoms with Crippen molar-refractivity contribution in [3.05, 3.63) is 89.5 Å². The number of rotatable bonds is 7. The van der Waals surface area contributed by atoms with Gasteiger partial charge in [0.1, 0.15) is 16.3 Å². The predicted molar refractivity (Wildman–Crippen MR) is 205 cm³/mol. The quantitative estimate of drug-likeness (QED) is 0.0910. The summed E-state index contributed by atoms with van der Waals surface area (Å²) in [4.78, 5) is 43.0. The molecular formula is C33H27N6O15S4+. The maximum absolute atomic E-state index is 15.4. The van der Waals surface area contributed by atoms with Crippen LogP contribution in [0.2, 0.25) is 0 Å². The van der Waals surface area contributed by atoms with Crippen molar-refractivity contribution in [3.8, 4) is 0 Å². The van der Waals surface area contributed by atoms with Gasteiger partial charge in [-0.05, 0) is 60.2 Å². The fourth-order valence-electron chi connectivity index (χ4n) is 7.14. The molecule has 7 N–H and O–H groups in total. The molecule has 8 rings (SSSR count). The Hall–Kier alpha value is -5.90. The number of quaternary nitrogens is 1. The summed E-state index contributed by atoms with van der Waals surface area (Å²) in [6.07, 6.45) is 3.93. The summed E-state index contributed by atoms with van der Waals surface area (Å²) in [5, 5.41) is 3.22. The third-order valence-electron chi connectivity index (χ3n) is 9.47. The maximum atomic E-state index is 15.4. The Labute approximate surface area is 327 Å². The zero-order valence-corrected chi connectivity index (χ0v) is 32.7. The van der Waals surface area contributed by atoms with Crippen molar-refractivity contribution >= 4 is 104 Å². The van der Waals surface area contributed by atoms with Crippen molar-refractivity contribution < 1.29 is 66.3 Å². The van der Waals surface area contributed by atoms with Crippen LogP contribution in [0.25, 0.3) is 16.8 Å². The smallest absolute Gasteiger partial charge is 0.357 e. The van der Waals surface area contributed by atoms with E-state index in [4.69, 9.17) is 0 Å². The number of aryl methyl sites for hydroxylation is 1. The van der Waals surface area contributed by atoms with Crippen molar-refractivity contribution in [2.75, 3.05) is 17.7 Å². The number of anilines is 2. The van der Waals surface area contributed by atoms with E-state index in [1.807, 2.05) is 0 Å². The van der Waals surface area contributed by atoms with E-state index in [0.717, 1.165) is 48.0 Å². The molecule has 0 spiro atoms. The Bertz CT molecular complexity index is 3230. The zero-order valence-electron chi connectivity index (χ0n) is 29.4. The molecule has 0 radical (unpaired) electrons. The number of carbonyl (C=O) groups excluding carboxylic acids is 3. The third-order valence-corrected chi connectivity index (χ3v) is 13.1. The first kappa shape index (κ1) is 40.3. The van der Waals surface area contributed by atoms with E-state index in [-0.39, 0.29) is 23.2 Å².